The normalized spacial score (nSPS) is 10.8. The number of nitro benzene ring substituents is 1. The highest BCUT2D eigenvalue weighted by molar-refractivity contribution is 6.31. The van der Waals surface area contributed by atoms with E-state index in [1.807, 2.05) is 0 Å². The first-order chi connectivity index (χ1) is 10.5. The molecule has 0 unspecified atom stereocenters. The van der Waals surface area contributed by atoms with Crippen molar-refractivity contribution in [3.05, 3.63) is 61.9 Å². The Morgan fingerprint density at radius 3 is 2.73 bits per heavy atom. The van der Waals surface area contributed by atoms with E-state index in [0.717, 1.165) is 6.07 Å². The van der Waals surface area contributed by atoms with Crippen molar-refractivity contribution in [1.29, 1.82) is 0 Å². The summed E-state index contributed by atoms with van der Waals surface area (Å²) in [5.74, 6) is -0.598. The first-order valence-corrected chi connectivity index (χ1v) is 6.51. The number of phenolic OH excluding ortho intramolecular Hbond substituents is 1. The highest BCUT2D eigenvalue weighted by Gasteiger charge is 2.21. The second kappa shape index (κ2) is 5.12. The Balaban J connectivity index is 2.32. The van der Waals surface area contributed by atoms with Crippen LogP contribution in [-0.4, -0.2) is 20.0 Å². The number of para-hydroxylation sites is 1. The summed E-state index contributed by atoms with van der Waals surface area (Å²) in [6, 6.07) is 8.96. The molecule has 110 valence electrons. The monoisotopic (exact) mass is 317 g/mol. The van der Waals surface area contributed by atoms with E-state index in [0.29, 0.717) is 10.9 Å². The zero-order chi connectivity index (χ0) is 15.9. The Labute approximate surface area is 128 Å². The molecule has 7 nitrogen and oxygen atoms in total. The van der Waals surface area contributed by atoms with Crippen molar-refractivity contribution in [3.8, 4) is 17.1 Å². The van der Waals surface area contributed by atoms with Gasteiger partial charge in [0.2, 0.25) is 5.75 Å². The number of phenols is 1. The standard InChI is InChI=1S/C14H8ClN3O4/c15-7-5-9(12(19)11(6-7)18(21)22)13-16-10-4-2-1-3-8(10)14(20)17-13/h1-6,19H,(H,16,17,20). The number of nitrogens with zero attached hydrogens (tertiary/aromatic N) is 2. The van der Waals surface area contributed by atoms with Gasteiger partial charge in [-0.2, -0.15) is 0 Å². The molecule has 0 atom stereocenters. The van der Waals surface area contributed by atoms with E-state index in [9.17, 15) is 20.0 Å². The average Bonchev–Trinajstić information content (AvgIpc) is 2.49. The van der Waals surface area contributed by atoms with Gasteiger partial charge in [-0.3, -0.25) is 14.9 Å². The Kier molecular flexibility index (Phi) is 3.26. The summed E-state index contributed by atoms with van der Waals surface area (Å²) >= 11 is 5.84. The number of aromatic nitrogens is 2. The van der Waals surface area contributed by atoms with E-state index in [4.69, 9.17) is 11.6 Å². The smallest absolute Gasteiger partial charge is 0.312 e. The van der Waals surface area contributed by atoms with Crippen LogP contribution in [0.15, 0.2) is 41.2 Å². The van der Waals surface area contributed by atoms with Gasteiger partial charge in [-0.15, -0.1) is 0 Å². The molecular formula is C14H8ClN3O4. The molecule has 0 bridgehead atoms. The highest BCUT2D eigenvalue weighted by atomic mass is 35.5. The van der Waals surface area contributed by atoms with Crippen LogP contribution in [-0.2, 0) is 0 Å². The maximum atomic E-state index is 12.0. The first-order valence-electron chi connectivity index (χ1n) is 6.13. The number of fused-ring (bicyclic) bond motifs is 1. The minimum absolute atomic E-state index is 0.00630. The number of nitro groups is 1. The van der Waals surface area contributed by atoms with Gasteiger partial charge in [-0.25, -0.2) is 4.98 Å². The first kappa shape index (κ1) is 14.0. The molecule has 0 saturated carbocycles. The van der Waals surface area contributed by atoms with Crippen molar-refractivity contribution in [2.75, 3.05) is 0 Å². The number of rotatable bonds is 2. The minimum Gasteiger partial charge on any atom is -0.502 e. The van der Waals surface area contributed by atoms with Gasteiger partial charge in [0.25, 0.3) is 5.56 Å². The summed E-state index contributed by atoms with van der Waals surface area (Å²) in [6.45, 7) is 0. The zero-order valence-electron chi connectivity index (χ0n) is 10.9. The minimum atomic E-state index is -0.760. The van der Waals surface area contributed by atoms with Crippen LogP contribution in [0.3, 0.4) is 0 Å². The zero-order valence-corrected chi connectivity index (χ0v) is 11.7. The molecule has 22 heavy (non-hydrogen) atoms. The molecule has 0 radical (unpaired) electrons. The van der Waals surface area contributed by atoms with Gasteiger partial charge in [0.05, 0.1) is 21.4 Å². The van der Waals surface area contributed by atoms with Gasteiger partial charge >= 0.3 is 5.69 Å². The van der Waals surface area contributed by atoms with Crippen LogP contribution in [0.4, 0.5) is 5.69 Å². The van der Waals surface area contributed by atoms with Crippen molar-refractivity contribution in [1.82, 2.24) is 9.97 Å². The van der Waals surface area contributed by atoms with Crippen molar-refractivity contribution in [2.45, 2.75) is 0 Å². The molecule has 0 aliphatic heterocycles. The third kappa shape index (κ3) is 2.27. The van der Waals surface area contributed by atoms with Crippen LogP contribution in [0.1, 0.15) is 0 Å². The van der Waals surface area contributed by atoms with Gasteiger partial charge in [0.15, 0.2) is 0 Å². The number of nitrogens with one attached hydrogen (secondary N) is 1. The lowest BCUT2D eigenvalue weighted by Gasteiger charge is -2.06. The number of aromatic amines is 1. The Hall–Kier alpha value is -2.93. The van der Waals surface area contributed by atoms with E-state index in [-0.39, 0.29) is 16.4 Å². The second-order valence-corrected chi connectivity index (χ2v) is 4.95. The van der Waals surface area contributed by atoms with E-state index >= 15 is 0 Å². The van der Waals surface area contributed by atoms with Gasteiger partial charge in [0.1, 0.15) is 5.82 Å². The molecular weight excluding hydrogens is 310 g/mol. The predicted molar refractivity (Wildman–Crippen MR) is 81.1 cm³/mol. The summed E-state index contributed by atoms with van der Waals surface area (Å²) in [6.07, 6.45) is 0. The van der Waals surface area contributed by atoms with E-state index in [1.54, 1.807) is 24.3 Å². The SMILES string of the molecule is O=c1[nH]c(-c2cc(Cl)cc([N+](=O)[O-])c2O)nc2ccccc12. The second-order valence-electron chi connectivity index (χ2n) is 4.51. The van der Waals surface area contributed by atoms with Crippen LogP contribution < -0.4 is 5.56 Å². The number of halogens is 1. The summed E-state index contributed by atoms with van der Waals surface area (Å²) in [5.41, 5.74) is -0.578. The third-order valence-corrected chi connectivity index (χ3v) is 3.34. The highest BCUT2D eigenvalue weighted by Crippen LogP contribution is 2.38. The number of benzene rings is 2. The number of hydrogen-bond donors (Lipinski definition) is 2. The fourth-order valence-corrected chi connectivity index (χ4v) is 2.33. The van der Waals surface area contributed by atoms with Gasteiger partial charge in [-0.1, -0.05) is 23.7 Å². The van der Waals surface area contributed by atoms with E-state index in [2.05, 4.69) is 9.97 Å². The van der Waals surface area contributed by atoms with Gasteiger partial charge < -0.3 is 10.1 Å². The Morgan fingerprint density at radius 1 is 1.27 bits per heavy atom. The van der Waals surface area contributed by atoms with E-state index < -0.39 is 21.9 Å². The third-order valence-electron chi connectivity index (χ3n) is 3.12. The molecule has 1 heterocycles. The topological polar surface area (TPSA) is 109 Å². The van der Waals surface area contributed by atoms with Crippen molar-refractivity contribution >= 4 is 28.2 Å². The van der Waals surface area contributed by atoms with Crippen molar-refractivity contribution in [2.24, 2.45) is 0 Å². The molecule has 3 aromatic rings. The number of aromatic hydroxyl groups is 1. The Morgan fingerprint density at radius 2 is 2.00 bits per heavy atom. The average molecular weight is 318 g/mol. The van der Waals surface area contributed by atoms with Crippen LogP contribution in [0, 0.1) is 10.1 Å². The lowest BCUT2D eigenvalue weighted by molar-refractivity contribution is -0.385. The molecule has 0 saturated heterocycles. The van der Waals surface area contributed by atoms with Crippen LogP contribution >= 0.6 is 11.6 Å². The predicted octanol–water partition coefficient (Wildman–Crippen LogP) is 2.86. The fraction of sp³-hybridized carbons (Fsp3) is 0. The van der Waals surface area contributed by atoms with Crippen LogP contribution in [0.25, 0.3) is 22.3 Å². The summed E-state index contributed by atoms with van der Waals surface area (Å²) in [5, 5.41) is 21.4. The fourth-order valence-electron chi connectivity index (χ4n) is 2.12. The number of H-pyrrole nitrogens is 1. The summed E-state index contributed by atoms with van der Waals surface area (Å²) < 4.78 is 0. The lowest BCUT2D eigenvalue weighted by atomic mass is 10.1. The molecule has 8 heteroatoms. The lowest BCUT2D eigenvalue weighted by Crippen LogP contribution is -2.09. The molecule has 1 aromatic heterocycles. The van der Waals surface area contributed by atoms with Crippen molar-refractivity contribution in [3.63, 3.8) is 0 Å². The molecule has 0 aliphatic rings. The van der Waals surface area contributed by atoms with Gasteiger partial charge in [0, 0.05) is 11.1 Å². The van der Waals surface area contributed by atoms with Crippen molar-refractivity contribution < 1.29 is 10.0 Å². The molecule has 0 fully saturated rings. The largest absolute Gasteiger partial charge is 0.502 e. The molecule has 2 aromatic carbocycles. The summed E-state index contributed by atoms with van der Waals surface area (Å²) in [7, 11) is 0. The summed E-state index contributed by atoms with van der Waals surface area (Å²) in [4.78, 5) is 28.9. The van der Waals surface area contributed by atoms with Crippen LogP contribution in [0.2, 0.25) is 5.02 Å². The maximum absolute atomic E-state index is 12.0. The van der Waals surface area contributed by atoms with Gasteiger partial charge in [-0.05, 0) is 18.2 Å². The maximum Gasteiger partial charge on any atom is 0.312 e. The van der Waals surface area contributed by atoms with Crippen LogP contribution in [0.5, 0.6) is 5.75 Å². The number of hydrogen-bond acceptors (Lipinski definition) is 5. The molecule has 0 amide bonds. The molecule has 2 N–H and O–H groups in total. The molecule has 0 spiro atoms. The molecule has 3 rings (SSSR count). The van der Waals surface area contributed by atoms with E-state index in [1.165, 1.54) is 6.07 Å². The molecule has 0 aliphatic carbocycles. The quantitative estimate of drug-likeness (QED) is 0.558. The Bertz CT molecular complexity index is 968.